The van der Waals surface area contributed by atoms with E-state index in [1.807, 2.05) is 18.2 Å². The fourth-order valence-corrected chi connectivity index (χ4v) is 9.35. The predicted molar refractivity (Wildman–Crippen MR) is 132 cm³/mol. The molecule has 166 valence electrons. The van der Waals surface area contributed by atoms with Gasteiger partial charge in [-0.3, -0.25) is 0 Å². The van der Waals surface area contributed by atoms with E-state index in [0.29, 0.717) is 18.1 Å². The Morgan fingerprint density at radius 1 is 0.812 bits per heavy atom. The largest absolute Gasteiger partial charge is 0.459 e. The Morgan fingerprint density at radius 3 is 1.75 bits per heavy atom. The topological polar surface area (TPSA) is 35.5 Å². The number of carbonyl (C=O) groups is 1. The van der Waals surface area contributed by atoms with Gasteiger partial charge < -0.3 is 9.16 Å². The molecule has 0 aromatic heterocycles. The Labute approximate surface area is 192 Å². The van der Waals surface area contributed by atoms with E-state index in [2.05, 4.69) is 81.4 Å². The summed E-state index contributed by atoms with van der Waals surface area (Å²) in [5.41, 5.74) is 0.611. The summed E-state index contributed by atoms with van der Waals surface area (Å²) in [5, 5.41) is 2.56. The predicted octanol–water partition coefficient (Wildman–Crippen LogP) is 5.20. The van der Waals surface area contributed by atoms with Gasteiger partial charge in [0.05, 0.1) is 5.56 Å². The minimum atomic E-state index is -2.51. The zero-order valence-electron chi connectivity index (χ0n) is 19.2. The number of ether oxygens (including phenoxy) is 1. The molecule has 0 spiro atoms. The van der Waals surface area contributed by atoms with E-state index in [9.17, 15) is 4.79 Å². The molecule has 0 bridgehead atoms. The molecule has 1 aliphatic carbocycles. The van der Waals surface area contributed by atoms with Gasteiger partial charge in [0, 0.05) is 6.61 Å². The van der Waals surface area contributed by atoms with Gasteiger partial charge in [-0.2, -0.15) is 0 Å². The summed E-state index contributed by atoms with van der Waals surface area (Å²) in [5.74, 6) is 0.173. The van der Waals surface area contributed by atoms with Gasteiger partial charge >= 0.3 is 5.97 Å². The highest BCUT2D eigenvalue weighted by Crippen LogP contribution is 2.39. The van der Waals surface area contributed by atoms with Gasteiger partial charge in [0.25, 0.3) is 8.32 Å². The highest BCUT2D eigenvalue weighted by atomic mass is 28.4. The quantitative estimate of drug-likeness (QED) is 0.371. The van der Waals surface area contributed by atoms with Crippen molar-refractivity contribution in [3.63, 3.8) is 0 Å². The van der Waals surface area contributed by atoms with Crippen molar-refractivity contribution in [2.75, 3.05) is 6.61 Å². The fourth-order valence-electron chi connectivity index (χ4n) is 4.70. The van der Waals surface area contributed by atoms with E-state index in [4.69, 9.17) is 9.16 Å². The normalized spacial score (nSPS) is 18.6. The van der Waals surface area contributed by atoms with Crippen LogP contribution in [-0.2, 0) is 9.16 Å². The van der Waals surface area contributed by atoms with Crippen LogP contribution in [0.15, 0.2) is 91.0 Å². The molecule has 0 N–H and O–H groups in total. The third-order valence-corrected chi connectivity index (χ3v) is 11.4. The van der Waals surface area contributed by atoms with E-state index in [1.54, 1.807) is 12.1 Å². The Balaban J connectivity index is 1.47. The van der Waals surface area contributed by atoms with Gasteiger partial charge in [-0.1, -0.05) is 99.6 Å². The van der Waals surface area contributed by atoms with Crippen molar-refractivity contribution in [3.8, 4) is 0 Å². The van der Waals surface area contributed by atoms with Crippen molar-refractivity contribution in [2.24, 2.45) is 5.92 Å². The summed E-state index contributed by atoms with van der Waals surface area (Å²) in [6.07, 6.45) is 1.70. The van der Waals surface area contributed by atoms with Crippen molar-refractivity contribution in [1.29, 1.82) is 0 Å². The van der Waals surface area contributed by atoms with Crippen LogP contribution in [0.1, 0.15) is 44.0 Å². The summed E-state index contributed by atoms with van der Waals surface area (Å²) >= 11 is 0. The maximum Gasteiger partial charge on any atom is 0.338 e. The van der Waals surface area contributed by atoms with Crippen LogP contribution < -0.4 is 10.4 Å². The summed E-state index contributed by atoms with van der Waals surface area (Å²) in [4.78, 5) is 12.3. The van der Waals surface area contributed by atoms with Crippen molar-refractivity contribution in [3.05, 3.63) is 96.6 Å². The van der Waals surface area contributed by atoms with Crippen LogP contribution in [0.3, 0.4) is 0 Å². The molecule has 0 amide bonds. The molecular weight excluding hydrogens is 412 g/mol. The molecule has 0 aliphatic heterocycles. The van der Waals surface area contributed by atoms with Gasteiger partial charge in [-0.05, 0) is 46.3 Å². The highest BCUT2D eigenvalue weighted by Gasteiger charge is 2.50. The van der Waals surface area contributed by atoms with Crippen LogP contribution in [0, 0.1) is 5.92 Å². The van der Waals surface area contributed by atoms with Crippen molar-refractivity contribution >= 4 is 24.7 Å². The molecule has 32 heavy (non-hydrogen) atoms. The maximum absolute atomic E-state index is 12.3. The standard InChI is InChI=1S/C28H32O3Si/c1-28(2,3)32(25-15-9-5-10-16-25,26-17-11-6-12-18-26)30-21-22-19-24(20-22)31-27(29)23-13-7-4-8-14-23/h4-18,22,24H,19-21H2,1-3H3/t22-,24-. The molecule has 0 atom stereocenters. The van der Waals surface area contributed by atoms with Crippen molar-refractivity contribution in [1.82, 2.24) is 0 Å². The molecule has 0 saturated heterocycles. The molecule has 4 heteroatoms. The molecule has 0 unspecified atom stereocenters. The third-order valence-electron chi connectivity index (χ3n) is 6.43. The maximum atomic E-state index is 12.3. The lowest BCUT2D eigenvalue weighted by molar-refractivity contribution is -0.0211. The van der Waals surface area contributed by atoms with Gasteiger partial charge in [0.1, 0.15) is 6.10 Å². The van der Waals surface area contributed by atoms with Gasteiger partial charge in [-0.15, -0.1) is 0 Å². The van der Waals surface area contributed by atoms with E-state index in [1.165, 1.54) is 10.4 Å². The Hall–Kier alpha value is -2.69. The minimum Gasteiger partial charge on any atom is -0.459 e. The lowest BCUT2D eigenvalue weighted by atomic mass is 9.83. The van der Waals surface area contributed by atoms with E-state index in [-0.39, 0.29) is 17.1 Å². The number of hydrogen-bond donors (Lipinski definition) is 0. The van der Waals surface area contributed by atoms with E-state index in [0.717, 1.165) is 12.8 Å². The second-order valence-electron chi connectivity index (χ2n) is 9.71. The zero-order chi connectivity index (χ0) is 22.6. The lowest BCUT2D eigenvalue weighted by Gasteiger charge is -2.45. The lowest BCUT2D eigenvalue weighted by Crippen LogP contribution is -2.67. The summed E-state index contributed by atoms with van der Waals surface area (Å²) in [6, 6.07) is 30.6. The van der Waals surface area contributed by atoms with Gasteiger partial charge in [-0.25, -0.2) is 4.79 Å². The van der Waals surface area contributed by atoms with Crippen LogP contribution in [0.2, 0.25) is 5.04 Å². The van der Waals surface area contributed by atoms with Crippen molar-refractivity contribution < 1.29 is 14.0 Å². The number of rotatable bonds is 7. The molecule has 3 aromatic rings. The molecule has 1 aliphatic rings. The van der Waals surface area contributed by atoms with Crippen LogP contribution in [0.25, 0.3) is 0 Å². The molecule has 3 nitrogen and oxygen atoms in total. The SMILES string of the molecule is CC(C)(C)[Si](OC[C@H]1C[C@H](OC(=O)c2ccccc2)C1)(c1ccccc1)c1ccccc1. The first-order chi connectivity index (χ1) is 15.4. The smallest absolute Gasteiger partial charge is 0.338 e. The average Bonchev–Trinajstić information content (AvgIpc) is 2.78. The third kappa shape index (κ3) is 4.57. The number of esters is 1. The number of hydrogen-bond acceptors (Lipinski definition) is 3. The number of benzene rings is 3. The molecule has 0 heterocycles. The van der Waals surface area contributed by atoms with Crippen LogP contribution >= 0.6 is 0 Å². The zero-order valence-corrected chi connectivity index (χ0v) is 20.2. The first-order valence-corrected chi connectivity index (χ1v) is 13.3. The molecule has 0 radical (unpaired) electrons. The van der Waals surface area contributed by atoms with Crippen LogP contribution in [0.4, 0.5) is 0 Å². The summed E-state index contributed by atoms with van der Waals surface area (Å²) < 4.78 is 12.7. The summed E-state index contributed by atoms with van der Waals surface area (Å²) in [7, 11) is -2.51. The molecule has 3 aromatic carbocycles. The van der Waals surface area contributed by atoms with Crippen LogP contribution in [-0.4, -0.2) is 27.0 Å². The summed E-state index contributed by atoms with van der Waals surface area (Å²) in [6.45, 7) is 7.58. The van der Waals surface area contributed by atoms with Gasteiger partial charge in [0.15, 0.2) is 0 Å². The van der Waals surface area contributed by atoms with Crippen LogP contribution in [0.5, 0.6) is 0 Å². The van der Waals surface area contributed by atoms with E-state index < -0.39 is 8.32 Å². The van der Waals surface area contributed by atoms with Crippen molar-refractivity contribution in [2.45, 2.75) is 44.8 Å². The molecule has 4 rings (SSSR count). The first kappa shape index (κ1) is 22.5. The Bertz CT molecular complexity index is 967. The fraction of sp³-hybridized carbons (Fsp3) is 0.321. The number of carbonyl (C=O) groups excluding carboxylic acids is 1. The van der Waals surface area contributed by atoms with E-state index >= 15 is 0 Å². The molecule has 1 saturated carbocycles. The molecular formula is C28H32O3Si. The Kier molecular flexibility index (Phi) is 6.63. The van der Waals surface area contributed by atoms with Gasteiger partial charge in [0.2, 0.25) is 0 Å². The minimum absolute atomic E-state index is 0.0181. The second kappa shape index (κ2) is 9.43. The first-order valence-electron chi connectivity index (χ1n) is 11.4. The monoisotopic (exact) mass is 444 g/mol. The Morgan fingerprint density at radius 2 is 1.28 bits per heavy atom. The average molecular weight is 445 g/mol. The molecule has 1 fully saturated rings. The highest BCUT2D eigenvalue weighted by molar-refractivity contribution is 6.99. The second-order valence-corrected chi connectivity index (χ2v) is 14.0.